The Hall–Kier alpha value is -2.88. The van der Waals surface area contributed by atoms with E-state index in [9.17, 15) is 9.59 Å². The summed E-state index contributed by atoms with van der Waals surface area (Å²) in [6.07, 6.45) is 2.09. The molecule has 1 aliphatic heterocycles. The van der Waals surface area contributed by atoms with Crippen LogP contribution in [0, 0.1) is 13.8 Å². The van der Waals surface area contributed by atoms with Crippen LogP contribution in [-0.4, -0.2) is 29.6 Å². The molecular weight excluding hydrogens is 324 g/mol. The molecule has 0 spiro atoms. The molecule has 0 amide bonds. The van der Waals surface area contributed by atoms with Crippen molar-refractivity contribution in [1.29, 1.82) is 0 Å². The van der Waals surface area contributed by atoms with E-state index < -0.39 is 0 Å². The molecule has 1 fully saturated rings. The lowest BCUT2D eigenvalue weighted by Crippen LogP contribution is -2.35. The summed E-state index contributed by atoms with van der Waals surface area (Å²) in [5.41, 5.74) is 4.99. The van der Waals surface area contributed by atoms with Crippen LogP contribution in [0.3, 0.4) is 0 Å². The molecule has 2 aromatic carbocycles. The van der Waals surface area contributed by atoms with E-state index in [1.165, 1.54) is 0 Å². The highest BCUT2D eigenvalue weighted by molar-refractivity contribution is 6.27. The molecule has 0 radical (unpaired) electrons. The van der Waals surface area contributed by atoms with E-state index in [4.69, 9.17) is 0 Å². The van der Waals surface area contributed by atoms with Crippen LogP contribution < -0.4 is 5.32 Å². The van der Waals surface area contributed by atoms with Gasteiger partial charge in [-0.25, -0.2) is 0 Å². The summed E-state index contributed by atoms with van der Waals surface area (Å²) in [7, 11) is 0. The summed E-state index contributed by atoms with van der Waals surface area (Å²) in [6, 6.07) is 13.2. The molecule has 1 aliphatic carbocycles. The molecular formula is C22H22N2O2. The van der Waals surface area contributed by atoms with Gasteiger partial charge in [0.15, 0.2) is 0 Å². The first kappa shape index (κ1) is 16.6. The minimum atomic E-state index is -0.109. The first-order valence-corrected chi connectivity index (χ1v) is 9.08. The topological polar surface area (TPSA) is 49.4 Å². The van der Waals surface area contributed by atoms with Gasteiger partial charge in [-0.2, -0.15) is 0 Å². The summed E-state index contributed by atoms with van der Waals surface area (Å²) in [5.74, 6) is -0.170. The number of fused-ring (bicyclic) bond motifs is 1. The number of ketones is 2. The normalized spacial score (nSPS) is 16.9. The predicted octanol–water partition coefficient (Wildman–Crippen LogP) is 4.10. The van der Waals surface area contributed by atoms with Crippen molar-refractivity contribution in [3.8, 4) is 0 Å². The van der Waals surface area contributed by atoms with E-state index in [0.717, 1.165) is 42.7 Å². The number of hydrogen-bond acceptors (Lipinski definition) is 4. The van der Waals surface area contributed by atoms with E-state index in [-0.39, 0.29) is 11.6 Å². The van der Waals surface area contributed by atoms with Crippen LogP contribution in [-0.2, 0) is 0 Å². The lowest BCUT2D eigenvalue weighted by Gasteiger charge is -2.28. The van der Waals surface area contributed by atoms with Crippen LogP contribution in [0.15, 0.2) is 53.9 Å². The average Bonchev–Trinajstić information content (AvgIpc) is 3.16. The number of Topliss-reactive ketones (excluding diaryl/α,β-unsaturated/α-hetero) is 2. The van der Waals surface area contributed by atoms with Gasteiger partial charge in [-0.3, -0.25) is 9.59 Å². The molecule has 2 aliphatic rings. The molecule has 132 valence electrons. The Balaban J connectivity index is 1.84. The van der Waals surface area contributed by atoms with Crippen LogP contribution in [0.4, 0.5) is 5.69 Å². The molecule has 26 heavy (non-hydrogen) atoms. The predicted molar refractivity (Wildman–Crippen MR) is 102 cm³/mol. The molecule has 2 aromatic rings. The number of nitrogens with zero attached hydrogens (tertiary/aromatic N) is 1. The number of hydrogen-bond donors (Lipinski definition) is 1. The van der Waals surface area contributed by atoms with E-state index >= 15 is 0 Å². The molecule has 1 heterocycles. The highest BCUT2D eigenvalue weighted by atomic mass is 16.1. The number of allylic oxidation sites excluding steroid dienone is 2. The molecule has 1 saturated heterocycles. The molecule has 1 N–H and O–H groups in total. The van der Waals surface area contributed by atoms with Crippen molar-refractivity contribution in [3.63, 3.8) is 0 Å². The van der Waals surface area contributed by atoms with Crippen molar-refractivity contribution >= 4 is 17.3 Å². The number of aryl methyl sites for hydroxylation is 2. The van der Waals surface area contributed by atoms with Crippen molar-refractivity contribution in [2.45, 2.75) is 26.7 Å². The fourth-order valence-corrected chi connectivity index (χ4v) is 3.81. The van der Waals surface area contributed by atoms with Crippen molar-refractivity contribution in [3.05, 3.63) is 76.1 Å². The lowest BCUT2D eigenvalue weighted by atomic mass is 9.89. The van der Waals surface area contributed by atoms with Gasteiger partial charge >= 0.3 is 0 Å². The smallest absolute Gasteiger partial charge is 0.212 e. The lowest BCUT2D eigenvalue weighted by molar-refractivity contribution is 0.0948. The summed E-state index contributed by atoms with van der Waals surface area (Å²) >= 11 is 0. The van der Waals surface area contributed by atoms with Gasteiger partial charge in [-0.1, -0.05) is 42.0 Å². The van der Waals surface area contributed by atoms with Gasteiger partial charge in [0.2, 0.25) is 11.6 Å². The number of likely N-dealkylation sites (tertiary alicyclic amines) is 1. The monoisotopic (exact) mass is 346 g/mol. The van der Waals surface area contributed by atoms with E-state index in [2.05, 4.69) is 16.3 Å². The number of carbonyl (C=O) groups excluding carboxylic acids is 2. The van der Waals surface area contributed by atoms with Crippen LogP contribution in [0.2, 0.25) is 0 Å². The molecule has 4 rings (SSSR count). The molecule has 4 nitrogen and oxygen atoms in total. The van der Waals surface area contributed by atoms with Gasteiger partial charge in [0.25, 0.3) is 0 Å². The largest absolute Gasteiger partial charge is 0.367 e. The molecule has 4 heteroatoms. The van der Waals surface area contributed by atoms with Crippen LogP contribution in [0.25, 0.3) is 0 Å². The van der Waals surface area contributed by atoms with E-state index in [1.807, 2.05) is 32.0 Å². The molecule has 0 atom stereocenters. The maximum absolute atomic E-state index is 13.2. The van der Waals surface area contributed by atoms with Crippen LogP contribution in [0.5, 0.6) is 0 Å². The zero-order valence-electron chi connectivity index (χ0n) is 15.1. The Bertz CT molecular complexity index is 937. The number of carbonyl (C=O) groups is 2. The third-order valence-electron chi connectivity index (χ3n) is 5.16. The first-order chi connectivity index (χ1) is 12.6. The minimum Gasteiger partial charge on any atom is -0.367 e. The Morgan fingerprint density at radius 2 is 1.54 bits per heavy atom. The molecule has 0 bridgehead atoms. The van der Waals surface area contributed by atoms with Gasteiger partial charge in [0.1, 0.15) is 11.4 Å². The third-order valence-corrected chi connectivity index (χ3v) is 5.16. The average molecular weight is 346 g/mol. The SMILES string of the molecule is Cc1ccc(NC2=C(N3CCCC3)C(=O)c3ccccc3C2=O)c(C)c1. The zero-order valence-corrected chi connectivity index (χ0v) is 15.1. The van der Waals surface area contributed by atoms with E-state index in [1.54, 1.807) is 18.2 Å². The van der Waals surface area contributed by atoms with Crippen molar-refractivity contribution in [2.24, 2.45) is 0 Å². The minimum absolute atomic E-state index is 0.0608. The Kier molecular flexibility index (Phi) is 4.11. The number of anilines is 1. The van der Waals surface area contributed by atoms with Crippen LogP contribution >= 0.6 is 0 Å². The summed E-state index contributed by atoms with van der Waals surface area (Å²) in [6.45, 7) is 5.68. The highest BCUT2D eigenvalue weighted by Crippen LogP contribution is 2.32. The molecule has 0 saturated carbocycles. The Morgan fingerprint density at radius 1 is 0.885 bits per heavy atom. The number of nitrogens with one attached hydrogen (secondary N) is 1. The quantitative estimate of drug-likeness (QED) is 0.909. The van der Waals surface area contributed by atoms with Gasteiger partial charge in [0.05, 0.1) is 0 Å². The summed E-state index contributed by atoms with van der Waals surface area (Å²) < 4.78 is 0. The second-order valence-corrected chi connectivity index (χ2v) is 7.06. The molecule has 0 unspecified atom stereocenters. The second kappa shape index (κ2) is 6.45. The van der Waals surface area contributed by atoms with Gasteiger partial charge in [0, 0.05) is 29.9 Å². The summed E-state index contributed by atoms with van der Waals surface area (Å²) in [4.78, 5) is 28.5. The fraction of sp³-hybridized carbons (Fsp3) is 0.273. The maximum Gasteiger partial charge on any atom is 0.212 e. The van der Waals surface area contributed by atoms with Crippen molar-refractivity contribution in [2.75, 3.05) is 18.4 Å². The standard InChI is InChI=1S/C22H22N2O2/c1-14-9-10-18(15(2)13-14)23-19-20(24-11-5-6-12-24)22(26)17-8-4-3-7-16(17)21(19)25/h3-4,7-10,13,23H,5-6,11-12H2,1-2H3. The maximum atomic E-state index is 13.2. The number of rotatable bonds is 3. The van der Waals surface area contributed by atoms with Gasteiger partial charge in [-0.15, -0.1) is 0 Å². The second-order valence-electron chi connectivity index (χ2n) is 7.06. The Morgan fingerprint density at radius 3 is 2.19 bits per heavy atom. The van der Waals surface area contributed by atoms with Crippen molar-refractivity contribution < 1.29 is 9.59 Å². The van der Waals surface area contributed by atoms with Gasteiger partial charge < -0.3 is 10.2 Å². The number of benzene rings is 2. The highest BCUT2D eigenvalue weighted by Gasteiger charge is 2.36. The van der Waals surface area contributed by atoms with Gasteiger partial charge in [-0.05, 0) is 38.3 Å². The Labute approximate surface area is 153 Å². The zero-order chi connectivity index (χ0) is 18.3. The molecule has 0 aromatic heterocycles. The first-order valence-electron chi connectivity index (χ1n) is 9.08. The summed E-state index contributed by atoms with van der Waals surface area (Å²) in [5, 5.41) is 3.29. The fourth-order valence-electron chi connectivity index (χ4n) is 3.81. The third kappa shape index (κ3) is 2.71. The van der Waals surface area contributed by atoms with Crippen LogP contribution in [0.1, 0.15) is 44.7 Å². The van der Waals surface area contributed by atoms with Crippen molar-refractivity contribution in [1.82, 2.24) is 4.90 Å². The van der Waals surface area contributed by atoms with E-state index in [0.29, 0.717) is 22.5 Å².